The molecule has 1 aliphatic carbocycles. The van der Waals surface area contributed by atoms with Gasteiger partial charge in [-0.3, -0.25) is 9.59 Å². The van der Waals surface area contributed by atoms with Crippen molar-refractivity contribution in [2.75, 3.05) is 32.0 Å². The number of thioether (sulfide) groups is 1. The van der Waals surface area contributed by atoms with E-state index in [1.165, 1.54) is 22.9 Å². The molecule has 1 fully saturated rings. The molecule has 2 aromatic carbocycles. The van der Waals surface area contributed by atoms with Gasteiger partial charge in [0.2, 0.25) is 5.91 Å². The van der Waals surface area contributed by atoms with Crippen LogP contribution in [0.2, 0.25) is 0 Å². The van der Waals surface area contributed by atoms with Crippen LogP contribution in [0.1, 0.15) is 37.3 Å². The Bertz CT molecular complexity index is 1040. The summed E-state index contributed by atoms with van der Waals surface area (Å²) in [7, 11) is 0. The minimum Gasteiger partial charge on any atom is -0.480 e. The van der Waals surface area contributed by atoms with Gasteiger partial charge in [0, 0.05) is 37.7 Å². The van der Waals surface area contributed by atoms with Crippen molar-refractivity contribution < 1.29 is 24.2 Å². The molecule has 34 heavy (non-hydrogen) atoms. The summed E-state index contributed by atoms with van der Waals surface area (Å²) in [5.74, 6) is -0.377. The largest absolute Gasteiger partial charge is 0.480 e. The number of nitrogens with one attached hydrogen (secondary N) is 1. The highest BCUT2D eigenvalue weighted by Gasteiger charge is 2.32. The number of amides is 2. The first kappa shape index (κ1) is 24.1. The summed E-state index contributed by atoms with van der Waals surface area (Å²) >= 11 is 1.37. The zero-order valence-electron chi connectivity index (χ0n) is 19.5. The molecule has 1 aliphatic heterocycles. The first-order valence-electron chi connectivity index (χ1n) is 11.5. The molecule has 0 bridgehead atoms. The highest BCUT2D eigenvalue weighted by atomic mass is 32.2. The second kappa shape index (κ2) is 10.1. The van der Waals surface area contributed by atoms with Crippen LogP contribution in [0.5, 0.6) is 0 Å². The van der Waals surface area contributed by atoms with E-state index in [1.807, 2.05) is 38.1 Å². The van der Waals surface area contributed by atoms with Crippen LogP contribution in [0.4, 0.5) is 4.79 Å². The van der Waals surface area contributed by atoms with Crippen LogP contribution >= 0.6 is 11.8 Å². The molecule has 1 unspecified atom stereocenters. The lowest BCUT2D eigenvalue weighted by atomic mass is 9.88. The number of carboxylic acids is 1. The Morgan fingerprint density at radius 2 is 1.71 bits per heavy atom. The molecule has 4 rings (SSSR count). The van der Waals surface area contributed by atoms with Gasteiger partial charge in [0.05, 0.1) is 0 Å². The second-order valence-corrected chi connectivity index (χ2v) is 10.9. The van der Waals surface area contributed by atoms with Crippen molar-refractivity contribution in [1.82, 2.24) is 10.2 Å². The first-order chi connectivity index (χ1) is 16.2. The molecule has 0 saturated carbocycles. The van der Waals surface area contributed by atoms with Crippen molar-refractivity contribution in [3.05, 3.63) is 59.7 Å². The van der Waals surface area contributed by atoms with Gasteiger partial charge in [0.1, 0.15) is 11.9 Å². The van der Waals surface area contributed by atoms with Crippen molar-refractivity contribution in [1.29, 1.82) is 0 Å². The lowest BCUT2D eigenvalue weighted by molar-refractivity contribution is -0.138. The van der Waals surface area contributed by atoms with Crippen molar-refractivity contribution in [3.63, 3.8) is 0 Å². The Morgan fingerprint density at radius 1 is 1.09 bits per heavy atom. The van der Waals surface area contributed by atoms with Gasteiger partial charge >= 0.3 is 12.1 Å². The number of nitrogens with zero attached hydrogens (tertiary/aromatic N) is 1. The zero-order chi connectivity index (χ0) is 24.3. The van der Waals surface area contributed by atoms with Gasteiger partial charge in [-0.2, -0.15) is 0 Å². The maximum Gasteiger partial charge on any atom is 0.407 e. The van der Waals surface area contributed by atoms with Gasteiger partial charge in [-0.1, -0.05) is 62.4 Å². The minimum atomic E-state index is -0.890. The average Bonchev–Trinajstić information content (AvgIpc) is 3.15. The van der Waals surface area contributed by atoms with E-state index in [9.17, 15) is 19.5 Å². The summed E-state index contributed by atoms with van der Waals surface area (Å²) < 4.78 is 5.58. The van der Waals surface area contributed by atoms with Crippen molar-refractivity contribution in [2.24, 2.45) is 5.41 Å². The Kier molecular flexibility index (Phi) is 7.16. The normalized spacial score (nSPS) is 17.6. The topological polar surface area (TPSA) is 95.9 Å². The molecule has 0 radical (unpaired) electrons. The third kappa shape index (κ3) is 5.38. The highest BCUT2D eigenvalue weighted by molar-refractivity contribution is 8.00. The lowest BCUT2D eigenvalue weighted by Gasteiger charge is -2.33. The summed E-state index contributed by atoms with van der Waals surface area (Å²) in [5, 5.41) is 11.4. The molecule has 2 aliphatic rings. The number of hydrogen-bond acceptors (Lipinski definition) is 5. The molecule has 1 heterocycles. The number of carbonyl (C=O) groups is 3. The van der Waals surface area contributed by atoms with E-state index in [-0.39, 0.29) is 37.9 Å². The predicted octanol–water partition coefficient (Wildman–Crippen LogP) is 3.97. The van der Waals surface area contributed by atoms with Gasteiger partial charge in [-0.15, -0.1) is 11.8 Å². The summed E-state index contributed by atoms with van der Waals surface area (Å²) in [6.07, 6.45) is -0.295. The maximum atomic E-state index is 12.7. The van der Waals surface area contributed by atoms with E-state index in [0.29, 0.717) is 12.3 Å². The van der Waals surface area contributed by atoms with Crippen LogP contribution in [0.25, 0.3) is 11.1 Å². The first-order valence-corrected chi connectivity index (χ1v) is 12.5. The summed E-state index contributed by atoms with van der Waals surface area (Å²) in [6, 6.07) is 16.3. The molecule has 0 spiro atoms. The molecular formula is C26H30N2O5S. The van der Waals surface area contributed by atoms with Gasteiger partial charge in [0.25, 0.3) is 0 Å². The molecule has 8 heteroatoms. The SMILES string of the molecule is CC(C)(CNC(=O)OCC1c2ccccc2-c2ccccc21)CC(=O)N1CCSC(C(=O)O)C1. The van der Waals surface area contributed by atoms with Crippen molar-refractivity contribution in [2.45, 2.75) is 31.4 Å². The molecule has 2 amide bonds. The number of rotatable bonds is 7. The van der Waals surface area contributed by atoms with Crippen LogP contribution in [0.3, 0.4) is 0 Å². The number of hydrogen-bond donors (Lipinski definition) is 2. The molecular weight excluding hydrogens is 452 g/mol. The van der Waals surface area contributed by atoms with Crippen molar-refractivity contribution >= 4 is 29.7 Å². The second-order valence-electron chi connectivity index (χ2n) is 9.56. The fourth-order valence-corrected chi connectivity index (χ4v) is 5.61. The van der Waals surface area contributed by atoms with E-state index < -0.39 is 22.7 Å². The summed E-state index contributed by atoms with van der Waals surface area (Å²) in [6.45, 7) is 5.09. The van der Waals surface area contributed by atoms with E-state index >= 15 is 0 Å². The van der Waals surface area contributed by atoms with Crippen LogP contribution in [-0.2, 0) is 14.3 Å². The van der Waals surface area contributed by atoms with Crippen LogP contribution < -0.4 is 5.32 Å². The Morgan fingerprint density at radius 3 is 2.32 bits per heavy atom. The van der Waals surface area contributed by atoms with Crippen LogP contribution in [0.15, 0.2) is 48.5 Å². The van der Waals surface area contributed by atoms with E-state index in [1.54, 1.807) is 4.90 Å². The standard InChI is InChI=1S/C26H30N2O5S/c1-26(2,13-23(29)28-11-12-34-22(14-28)24(30)31)16-27-25(32)33-15-21-19-9-5-3-7-17(19)18-8-4-6-10-20(18)21/h3-10,21-22H,11-16H2,1-2H3,(H,27,32)(H,30,31). The smallest absolute Gasteiger partial charge is 0.407 e. The Hall–Kier alpha value is -3.00. The lowest BCUT2D eigenvalue weighted by Crippen LogP contribution is -2.46. The number of aliphatic carboxylic acids is 1. The predicted molar refractivity (Wildman–Crippen MR) is 132 cm³/mol. The number of alkyl carbamates (subject to hydrolysis) is 1. The maximum absolute atomic E-state index is 12.7. The summed E-state index contributed by atoms with van der Waals surface area (Å²) in [5.41, 5.74) is 4.16. The van der Waals surface area contributed by atoms with E-state index in [2.05, 4.69) is 29.6 Å². The molecule has 2 aromatic rings. The van der Waals surface area contributed by atoms with Crippen molar-refractivity contribution in [3.8, 4) is 11.1 Å². The number of carbonyl (C=O) groups excluding carboxylic acids is 2. The van der Waals surface area contributed by atoms with Gasteiger partial charge in [-0.25, -0.2) is 4.79 Å². The minimum absolute atomic E-state index is 0.00751. The fourth-order valence-electron chi connectivity index (χ4n) is 4.57. The summed E-state index contributed by atoms with van der Waals surface area (Å²) in [4.78, 5) is 38.1. The molecule has 180 valence electrons. The molecule has 1 saturated heterocycles. The number of carboxylic acid groups (broad SMARTS) is 1. The average molecular weight is 483 g/mol. The highest BCUT2D eigenvalue weighted by Crippen LogP contribution is 2.44. The third-order valence-electron chi connectivity index (χ3n) is 6.38. The molecule has 7 nitrogen and oxygen atoms in total. The molecule has 0 aromatic heterocycles. The molecule has 2 N–H and O–H groups in total. The quantitative estimate of drug-likeness (QED) is 0.620. The monoisotopic (exact) mass is 482 g/mol. The number of ether oxygens (including phenoxy) is 1. The van der Waals surface area contributed by atoms with Gasteiger partial charge < -0.3 is 20.1 Å². The van der Waals surface area contributed by atoms with Crippen LogP contribution in [-0.4, -0.2) is 65.2 Å². The number of benzene rings is 2. The Balaban J connectivity index is 1.28. The number of fused-ring (bicyclic) bond motifs is 3. The van der Waals surface area contributed by atoms with Gasteiger partial charge in [0.15, 0.2) is 0 Å². The van der Waals surface area contributed by atoms with Crippen LogP contribution in [0, 0.1) is 5.41 Å². The third-order valence-corrected chi connectivity index (χ3v) is 7.55. The van der Waals surface area contributed by atoms with E-state index in [4.69, 9.17) is 4.74 Å². The zero-order valence-corrected chi connectivity index (χ0v) is 20.3. The fraction of sp³-hybridized carbons (Fsp3) is 0.423. The van der Waals surface area contributed by atoms with E-state index in [0.717, 1.165) is 11.1 Å². The molecule has 1 atom stereocenters. The Labute approximate surface area is 203 Å². The van der Waals surface area contributed by atoms with Gasteiger partial charge in [-0.05, 0) is 27.7 Å².